The van der Waals surface area contributed by atoms with Crippen molar-refractivity contribution in [1.82, 2.24) is 9.97 Å². The monoisotopic (exact) mass is 358 g/mol. The zero-order valence-corrected chi connectivity index (χ0v) is 13.8. The van der Waals surface area contributed by atoms with Gasteiger partial charge in [0.15, 0.2) is 11.5 Å². The van der Waals surface area contributed by atoms with Crippen LogP contribution in [-0.2, 0) is 0 Å². The van der Waals surface area contributed by atoms with Crippen LogP contribution in [0.15, 0.2) is 40.9 Å². The smallest absolute Gasteiger partial charge is 0.161 e. The summed E-state index contributed by atoms with van der Waals surface area (Å²) in [4.78, 5) is 7.80. The van der Waals surface area contributed by atoms with Crippen LogP contribution < -0.4 is 9.47 Å². The third-order valence-corrected chi connectivity index (χ3v) is 3.80. The molecular formula is C17H15BrN2O2. The molecule has 0 amide bonds. The zero-order valence-electron chi connectivity index (χ0n) is 12.3. The van der Waals surface area contributed by atoms with E-state index >= 15 is 0 Å². The van der Waals surface area contributed by atoms with Gasteiger partial charge in [0.25, 0.3) is 0 Å². The van der Waals surface area contributed by atoms with Gasteiger partial charge in [-0.15, -0.1) is 0 Å². The lowest BCUT2D eigenvalue weighted by Gasteiger charge is -2.07. The number of halogens is 1. The van der Waals surface area contributed by atoms with Gasteiger partial charge in [-0.3, -0.25) is 0 Å². The highest BCUT2D eigenvalue weighted by molar-refractivity contribution is 9.10. The van der Waals surface area contributed by atoms with E-state index in [1.165, 1.54) is 0 Å². The molecular weight excluding hydrogens is 344 g/mol. The average molecular weight is 359 g/mol. The first-order valence-corrected chi connectivity index (χ1v) is 7.54. The van der Waals surface area contributed by atoms with Crippen molar-refractivity contribution in [1.29, 1.82) is 0 Å². The van der Waals surface area contributed by atoms with Crippen LogP contribution in [0.2, 0.25) is 0 Å². The standard InChI is InChI=1S/C17H15BrN2O2/c1-21-15-7-3-11(9-16(15)22-2)4-8-17-19-13-6-5-12(18)10-14(13)20-17/h3-10H,1-2H3,(H,19,20)/b8-4+. The van der Waals surface area contributed by atoms with Crippen LogP contribution in [0.1, 0.15) is 11.4 Å². The van der Waals surface area contributed by atoms with Gasteiger partial charge in [-0.2, -0.15) is 0 Å². The highest BCUT2D eigenvalue weighted by Gasteiger charge is 2.03. The van der Waals surface area contributed by atoms with Crippen LogP contribution >= 0.6 is 15.9 Å². The lowest BCUT2D eigenvalue weighted by molar-refractivity contribution is 0.355. The zero-order chi connectivity index (χ0) is 15.5. The molecule has 0 radical (unpaired) electrons. The van der Waals surface area contributed by atoms with Crippen LogP contribution in [0, 0.1) is 0 Å². The Hall–Kier alpha value is -2.27. The van der Waals surface area contributed by atoms with Gasteiger partial charge < -0.3 is 14.5 Å². The molecule has 1 N–H and O–H groups in total. The number of methoxy groups -OCH3 is 2. The number of rotatable bonds is 4. The molecule has 0 aliphatic carbocycles. The average Bonchev–Trinajstić information content (AvgIpc) is 2.94. The molecule has 0 spiro atoms. The Morgan fingerprint density at radius 3 is 2.59 bits per heavy atom. The highest BCUT2D eigenvalue weighted by atomic mass is 79.9. The van der Waals surface area contributed by atoms with Crippen LogP contribution in [0.25, 0.3) is 23.2 Å². The second-order valence-electron chi connectivity index (χ2n) is 4.73. The maximum atomic E-state index is 5.30. The predicted molar refractivity (Wildman–Crippen MR) is 92.3 cm³/mol. The minimum Gasteiger partial charge on any atom is -0.493 e. The van der Waals surface area contributed by atoms with Gasteiger partial charge in [0.2, 0.25) is 0 Å². The second kappa shape index (κ2) is 6.23. The lowest BCUT2D eigenvalue weighted by Crippen LogP contribution is -1.90. The number of fused-ring (bicyclic) bond motifs is 1. The molecule has 5 heteroatoms. The van der Waals surface area contributed by atoms with Crippen LogP contribution in [-0.4, -0.2) is 24.2 Å². The van der Waals surface area contributed by atoms with Crippen LogP contribution in [0.3, 0.4) is 0 Å². The second-order valence-corrected chi connectivity index (χ2v) is 5.65. The van der Waals surface area contributed by atoms with Gasteiger partial charge in [0, 0.05) is 4.47 Å². The molecule has 1 aromatic heterocycles. The van der Waals surface area contributed by atoms with Crippen molar-refractivity contribution in [2.75, 3.05) is 14.2 Å². The third-order valence-electron chi connectivity index (χ3n) is 3.30. The van der Waals surface area contributed by atoms with Crippen molar-refractivity contribution in [2.24, 2.45) is 0 Å². The maximum Gasteiger partial charge on any atom is 0.161 e. The third kappa shape index (κ3) is 2.99. The minimum atomic E-state index is 0.707. The molecule has 4 nitrogen and oxygen atoms in total. The number of nitrogens with zero attached hydrogens (tertiary/aromatic N) is 1. The van der Waals surface area contributed by atoms with Gasteiger partial charge >= 0.3 is 0 Å². The van der Waals surface area contributed by atoms with E-state index in [0.717, 1.165) is 26.9 Å². The molecule has 0 aliphatic rings. The van der Waals surface area contributed by atoms with Crippen molar-refractivity contribution in [3.63, 3.8) is 0 Å². The largest absolute Gasteiger partial charge is 0.493 e. The van der Waals surface area contributed by atoms with Crippen molar-refractivity contribution in [3.8, 4) is 11.5 Å². The summed E-state index contributed by atoms with van der Waals surface area (Å²) in [6.45, 7) is 0. The summed E-state index contributed by atoms with van der Waals surface area (Å²) in [5, 5.41) is 0. The summed E-state index contributed by atoms with van der Waals surface area (Å²) in [5.74, 6) is 2.23. The van der Waals surface area contributed by atoms with E-state index in [2.05, 4.69) is 25.9 Å². The van der Waals surface area contributed by atoms with E-state index in [-0.39, 0.29) is 0 Å². The van der Waals surface area contributed by atoms with Gasteiger partial charge in [0.05, 0.1) is 25.3 Å². The molecule has 0 bridgehead atoms. The number of hydrogen-bond donors (Lipinski definition) is 1. The minimum absolute atomic E-state index is 0.707. The Labute approximate surface area is 136 Å². The number of ether oxygens (including phenoxy) is 2. The van der Waals surface area contributed by atoms with Crippen molar-refractivity contribution in [2.45, 2.75) is 0 Å². The van der Waals surface area contributed by atoms with E-state index in [1.54, 1.807) is 14.2 Å². The van der Waals surface area contributed by atoms with E-state index in [0.29, 0.717) is 11.5 Å². The molecule has 2 aromatic carbocycles. The highest BCUT2D eigenvalue weighted by Crippen LogP contribution is 2.28. The Morgan fingerprint density at radius 2 is 1.82 bits per heavy atom. The molecule has 0 fully saturated rings. The summed E-state index contributed by atoms with van der Waals surface area (Å²) in [6, 6.07) is 11.7. The fraction of sp³-hybridized carbons (Fsp3) is 0.118. The molecule has 1 heterocycles. The topological polar surface area (TPSA) is 47.1 Å². The molecule has 3 aromatic rings. The molecule has 0 saturated heterocycles. The number of benzene rings is 2. The van der Waals surface area contributed by atoms with Gasteiger partial charge in [-0.05, 0) is 42.0 Å². The van der Waals surface area contributed by atoms with Gasteiger partial charge in [-0.25, -0.2) is 4.98 Å². The fourth-order valence-electron chi connectivity index (χ4n) is 2.21. The van der Waals surface area contributed by atoms with Crippen LogP contribution in [0.5, 0.6) is 11.5 Å². The molecule has 0 unspecified atom stereocenters. The SMILES string of the molecule is COc1ccc(/C=C/c2nc3ccc(Br)cc3[nH]2)cc1OC. The summed E-state index contributed by atoms with van der Waals surface area (Å²) < 4.78 is 11.6. The Bertz CT molecular complexity index is 840. The molecule has 112 valence electrons. The maximum absolute atomic E-state index is 5.30. The quantitative estimate of drug-likeness (QED) is 0.746. The summed E-state index contributed by atoms with van der Waals surface area (Å²) in [7, 11) is 3.25. The Morgan fingerprint density at radius 1 is 1.00 bits per heavy atom. The Balaban J connectivity index is 1.89. The molecule has 0 saturated carbocycles. The van der Waals surface area contributed by atoms with E-state index < -0.39 is 0 Å². The molecule has 3 rings (SSSR count). The number of hydrogen-bond acceptors (Lipinski definition) is 3. The van der Waals surface area contributed by atoms with Crippen LogP contribution in [0.4, 0.5) is 0 Å². The van der Waals surface area contributed by atoms with Crippen molar-refractivity contribution in [3.05, 3.63) is 52.3 Å². The Kier molecular flexibility index (Phi) is 4.15. The summed E-state index contributed by atoms with van der Waals surface area (Å²) in [6.07, 6.45) is 3.92. The van der Waals surface area contributed by atoms with Gasteiger partial charge in [0.1, 0.15) is 5.82 Å². The van der Waals surface area contributed by atoms with E-state index in [4.69, 9.17) is 9.47 Å². The summed E-state index contributed by atoms with van der Waals surface area (Å²) >= 11 is 3.46. The number of imidazole rings is 1. The van der Waals surface area contributed by atoms with E-state index in [1.807, 2.05) is 48.6 Å². The van der Waals surface area contributed by atoms with Gasteiger partial charge in [-0.1, -0.05) is 28.1 Å². The normalized spacial score (nSPS) is 11.2. The predicted octanol–water partition coefficient (Wildman–Crippen LogP) is 4.51. The molecule has 0 atom stereocenters. The van der Waals surface area contributed by atoms with E-state index in [9.17, 15) is 0 Å². The first kappa shape index (κ1) is 14.7. The number of nitrogens with one attached hydrogen (secondary N) is 1. The number of aromatic amines is 1. The first-order valence-electron chi connectivity index (χ1n) is 6.75. The summed E-state index contributed by atoms with van der Waals surface area (Å²) in [5.41, 5.74) is 2.95. The van der Waals surface area contributed by atoms with Crippen molar-refractivity contribution < 1.29 is 9.47 Å². The molecule has 0 aliphatic heterocycles. The number of H-pyrrole nitrogens is 1. The lowest BCUT2D eigenvalue weighted by atomic mass is 10.2. The number of aromatic nitrogens is 2. The first-order chi connectivity index (χ1) is 10.7. The molecule has 22 heavy (non-hydrogen) atoms. The fourth-order valence-corrected chi connectivity index (χ4v) is 2.57. The van der Waals surface area contributed by atoms with Crippen molar-refractivity contribution >= 4 is 39.1 Å².